The van der Waals surface area contributed by atoms with Gasteiger partial charge in [0, 0.05) is 34.6 Å². The van der Waals surface area contributed by atoms with Crippen LogP contribution in [0.1, 0.15) is 44.9 Å². The van der Waals surface area contributed by atoms with Crippen molar-refractivity contribution in [2.45, 2.75) is 19.6 Å². The van der Waals surface area contributed by atoms with E-state index in [9.17, 15) is 9.59 Å². The summed E-state index contributed by atoms with van der Waals surface area (Å²) in [6.45, 7) is 3.06. The molecule has 0 spiro atoms. The smallest absolute Gasteiger partial charge is 0.260 e. The molecule has 1 unspecified atom stereocenters. The summed E-state index contributed by atoms with van der Waals surface area (Å²) in [5.74, 6) is 1.83. The van der Waals surface area contributed by atoms with Crippen molar-refractivity contribution in [1.29, 1.82) is 0 Å². The first-order valence-corrected chi connectivity index (χ1v) is 12.8. The van der Waals surface area contributed by atoms with Gasteiger partial charge in [-0.15, -0.1) is 0 Å². The molecular formula is C31H27N3O5. The summed E-state index contributed by atoms with van der Waals surface area (Å²) in [5.41, 5.74) is 4.39. The third-order valence-corrected chi connectivity index (χ3v) is 6.71. The van der Waals surface area contributed by atoms with Crippen LogP contribution in [-0.2, 0) is 6.54 Å². The summed E-state index contributed by atoms with van der Waals surface area (Å²) in [6.07, 6.45) is -0.446. The number of benzene rings is 4. The van der Waals surface area contributed by atoms with Crippen LogP contribution in [-0.4, -0.2) is 25.2 Å². The van der Waals surface area contributed by atoms with Crippen molar-refractivity contribution >= 4 is 23.2 Å². The minimum atomic E-state index is -0.446. The highest BCUT2D eigenvalue weighted by Gasteiger charge is 2.37. The van der Waals surface area contributed by atoms with Gasteiger partial charge in [-0.3, -0.25) is 14.5 Å². The first-order chi connectivity index (χ1) is 19.1. The first kappa shape index (κ1) is 24.4. The molecule has 0 aliphatic carbocycles. The van der Waals surface area contributed by atoms with Gasteiger partial charge in [-0.1, -0.05) is 30.3 Å². The molecule has 6 rings (SSSR count). The van der Waals surface area contributed by atoms with Crippen LogP contribution < -0.4 is 29.7 Å². The van der Waals surface area contributed by atoms with E-state index in [-0.39, 0.29) is 18.6 Å². The summed E-state index contributed by atoms with van der Waals surface area (Å²) < 4.78 is 16.3. The van der Waals surface area contributed by atoms with E-state index >= 15 is 0 Å². The molecule has 0 bridgehead atoms. The van der Waals surface area contributed by atoms with Gasteiger partial charge >= 0.3 is 0 Å². The number of amides is 2. The van der Waals surface area contributed by atoms with E-state index in [0.717, 1.165) is 28.3 Å². The number of fused-ring (bicyclic) bond motifs is 2. The maximum Gasteiger partial charge on any atom is 0.260 e. The van der Waals surface area contributed by atoms with Gasteiger partial charge in [-0.2, -0.15) is 0 Å². The monoisotopic (exact) mass is 521 g/mol. The summed E-state index contributed by atoms with van der Waals surface area (Å²) in [4.78, 5) is 28.2. The van der Waals surface area contributed by atoms with E-state index in [2.05, 4.69) is 10.6 Å². The zero-order valence-electron chi connectivity index (χ0n) is 21.3. The predicted octanol–water partition coefficient (Wildman–Crippen LogP) is 5.52. The van der Waals surface area contributed by atoms with Crippen molar-refractivity contribution in [2.75, 3.05) is 23.6 Å². The van der Waals surface area contributed by atoms with Crippen molar-refractivity contribution in [1.82, 2.24) is 5.32 Å². The van der Waals surface area contributed by atoms with E-state index in [1.54, 1.807) is 17.0 Å². The van der Waals surface area contributed by atoms with Crippen LogP contribution in [0.3, 0.4) is 0 Å². The molecule has 196 valence electrons. The normalized spacial score (nSPS) is 15.2. The SMILES string of the molecule is CCOc1ccc(N2C(=O)c3ccccc3C2Nc2cccc(C(=O)NCc3ccc4c(c3)OCO4)c2)cc1. The summed E-state index contributed by atoms with van der Waals surface area (Å²) in [7, 11) is 0. The van der Waals surface area contributed by atoms with Crippen molar-refractivity contribution in [3.63, 3.8) is 0 Å². The van der Waals surface area contributed by atoms with Gasteiger partial charge in [-0.25, -0.2) is 0 Å². The lowest BCUT2D eigenvalue weighted by molar-refractivity contribution is 0.0949. The third-order valence-electron chi connectivity index (χ3n) is 6.71. The second-order valence-corrected chi connectivity index (χ2v) is 9.19. The average molecular weight is 522 g/mol. The number of hydrogen-bond donors (Lipinski definition) is 2. The lowest BCUT2D eigenvalue weighted by Crippen LogP contribution is -2.32. The fourth-order valence-electron chi connectivity index (χ4n) is 4.84. The van der Waals surface area contributed by atoms with Crippen LogP contribution in [0.15, 0.2) is 91.0 Å². The Hall–Kier alpha value is -4.98. The van der Waals surface area contributed by atoms with Crippen LogP contribution in [0.4, 0.5) is 11.4 Å². The van der Waals surface area contributed by atoms with Crippen molar-refractivity contribution in [2.24, 2.45) is 0 Å². The Morgan fingerprint density at radius 1 is 0.949 bits per heavy atom. The van der Waals surface area contributed by atoms with E-state index in [1.165, 1.54) is 0 Å². The van der Waals surface area contributed by atoms with E-state index in [4.69, 9.17) is 14.2 Å². The molecule has 0 fully saturated rings. The molecule has 2 heterocycles. The van der Waals surface area contributed by atoms with Gasteiger partial charge in [0.1, 0.15) is 11.9 Å². The number of hydrogen-bond acceptors (Lipinski definition) is 6. The number of carbonyl (C=O) groups excluding carboxylic acids is 2. The molecule has 2 aliphatic rings. The van der Waals surface area contributed by atoms with Gasteiger partial charge in [0.05, 0.1) is 6.61 Å². The van der Waals surface area contributed by atoms with Crippen LogP contribution in [0.25, 0.3) is 0 Å². The maximum absolute atomic E-state index is 13.4. The minimum Gasteiger partial charge on any atom is -0.494 e. The van der Waals surface area contributed by atoms with E-state index < -0.39 is 6.17 Å². The standard InChI is InChI=1S/C31H27N3O5/c1-2-37-24-13-11-23(12-14-24)34-29(25-8-3-4-9-26(25)31(34)36)33-22-7-5-6-21(17-22)30(35)32-18-20-10-15-27-28(16-20)39-19-38-27/h3-17,29,33H,2,18-19H2,1H3,(H,32,35). The fourth-order valence-corrected chi connectivity index (χ4v) is 4.84. The Bertz CT molecular complexity index is 1540. The molecule has 8 nitrogen and oxygen atoms in total. The van der Waals surface area contributed by atoms with Crippen LogP contribution in [0, 0.1) is 0 Å². The predicted molar refractivity (Wildman–Crippen MR) is 147 cm³/mol. The molecular weight excluding hydrogens is 494 g/mol. The highest BCUT2D eigenvalue weighted by atomic mass is 16.7. The molecule has 39 heavy (non-hydrogen) atoms. The Morgan fingerprint density at radius 2 is 1.77 bits per heavy atom. The van der Waals surface area contributed by atoms with Crippen LogP contribution in [0.5, 0.6) is 17.2 Å². The summed E-state index contributed by atoms with van der Waals surface area (Å²) in [6, 6.07) is 27.9. The van der Waals surface area contributed by atoms with E-state index in [1.807, 2.05) is 85.8 Å². The molecule has 2 amide bonds. The zero-order chi connectivity index (χ0) is 26.8. The van der Waals surface area contributed by atoms with Gasteiger partial charge in [-0.05, 0) is 73.2 Å². The van der Waals surface area contributed by atoms with Crippen LogP contribution in [0.2, 0.25) is 0 Å². The Labute approximate surface area is 226 Å². The first-order valence-electron chi connectivity index (χ1n) is 12.8. The molecule has 1 atom stereocenters. The summed E-state index contributed by atoms with van der Waals surface area (Å²) in [5, 5.41) is 6.44. The van der Waals surface area contributed by atoms with Gasteiger partial charge in [0.2, 0.25) is 6.79 Å². The number of rotatable bonds is 8. The van der Waals surface area contributed by atoms with Crippen molar-refractivity contribution in [3.05, 3.63) is 113 Å². The number of nitrogens with one attached hydrogen (secondary N) is 2. The van der Waals surface area contributed by atoms with Crippen molar-refractivity contribution < 1.29 is 23.8 Å². The Balaban J connectivity index is 1.21. The largest absolute Gasteiger partial charge is 0.494 e. The summed E-state index contributed by atoms with van der Waals surface area (Å²) >= 11 is 0. The number of carbonyl (C=O) groups is 2. The number of ether oxygens (including phenoxy) is 3. The molecule has 0 radical (unpaired) electrons. The highest BCUT2D eigenvalue weighted by Crippen LogP contribution is 2.38. The fraction of sp³-hybridized carbons (Fsp3) is 0.161. The number of nitrogens with zero attached hydrogens (tertiary/aromatic N) is 1. The Kier molecular flexibility index (Phi) is 6.50. The molecule has 0 saturated carbocycles. The number of anilines is 2. The molecule has 8 heteroatoms. The zero-order valence-corrected chi connectivity index (χ0v) is 21.3. The van der Waals surface area contributed by atoms with E-state index in [0.29, 0.717) is 35.8 Å². The van der Waals surface area contributed by atoms with Gasteiger partial charge in [0.25, 0.3) is 11.8 Å². The minimum absolute atomic E-state index is 0.0927. The molecule has 4 aromatic rings. The van der Waals surface area contributed by atoms with Gasteiger partial charge < -0.3 is 24.8 Å². The second kappa shape index (κ2) is 10.4. The lowest BCUT2D eigenvalue weighted by Gasteiger charge is -2.27. The maximum atomic E-state index is 13.4. The second-order valence-electron chi connectivity index (χ2n) is 9.19. The Morgan fingerprint density at radius 3 is 2.62 bits per heavy atom. The molecule has 0 aromatic heterocycles. The third kappa shape index (κ3) is 4.84. The highest BCUT2D eigenvalue weighted by molar-refractivity contribution is 6.11. The van der Waals surface area contributed by atoms with Crippen molar-refractivity contribution in [3.8, 4) is 17.2 Å². The average Bonchev–Trinajstić information content (AvgIpc) is 3.55. The molecule has 0 saturated heterocycles. The molecule has 4 aromatic carbocycles. The van der Waals surface area contributed by atoms with Crippen LogP contribution >= 0.6 is 0 Å². The lowest BCUT2D eigenvalue weighted by atomic mass is 10.1. The topological polar surface area (TPSA) is 89.1 Å². The van der Waals surface area contributed by atoms with Gasteiger partial charge in [0.15, 0.2) is 11.5 Å². The molecule has 2 aliphatic heterocycles. The molecule has 2 N–H and O–H groups in total. The quantitative estimate of drug-likeness (QED) is 0.318.